The van der Waals surface area contributed by atoms with Gasteiger partial charge in [-0.1, -0.05) is 22.6 Å². The lowest BCUT2D eigenvalue weighted by Crippen LogP contribution is -2.22. The van der Waals surface area contributed by atoms with Crippen LogP contribution < -0.4 is 0 Å². The SMILES string of the molecule is FCC1CCC(I)OC1. The van der Waals surface area contributed by atoms with Crippen molar-refractivity contribution in [2.75, 3.05) is 13.3 Å². The fourth-order valence-electron chi connectivity index (χ4n) is 0.896. The van der Waals surface area contributed by atoms with Crippen molar-refractivity contribution in [2.45, 2.75) is 17.0 Å². The van der Waals surface area contributed by atoms with Gasteiger partial charge in [-0.25, -0.2) is 0 Å². The lowest BCUT2D eigenvalue weighted by atomic mass is 10.0. The molecule has 54 valence electrons. The Balaban J connectivity index is 2.18. The maximum absolute atomic E-state index is 11.9. The van der Waals surface area contributed by atoms with E-state index >= 15 is 0 Å². The van der Waals surface area contributed by atoms with Gasteiger partial charge in [0.1, 0.15) is 4.11 Å². The standard InChI is InChI=1S/C6H10FIO/c7-3-5-1-2-6(8)9-4-5/h5-6H,1-4H2. The molecule has 1 rings (SSSR count). The molecule has 2 atom stereocenters. The van der Waals surface area contributed by atoms with E-state index in [-0.39, 0.29) is 12.6 Å². The van der Waals surface area contributed by atoms with Crippen LogP contribution in [0.3, 0.4) is 0 Å². The molecule has 0 N–H and O–H groups in total. The molecule has 1 saturated heterocycles. The fraction of sp³-hybridized carbons (Fsp3) is 1.00. The van der Waals surface area contributed by atoms with E-state index in [0.29, 0.717) is 10.7 Å². The number of hydrogen-bond donors (Lipinski definition) is 0. The number of ether oxygens (including phenoxy) is 1. The van der Waals surface area contributed by atoms with Crippen LogP contribution in [0.5, 0.6) is 0 Å². The fourth-order valence-corrected chi connectivity index (χ4v) is 1.46. The maximum atomic E-state index is 11.9. The van der Waals surface area contributed by atoms with Crippen molar-refractivity contribution in [2.24, 2.45) is 5.92 Å². The van der Waals surface area contributed by atoms with Gasteiger partial charge < -0.3 is 4.74 Å². The van der Waals surface area contributed by atoms with Crippen molar-refractivity contribution in [1.82, 2.24) is 0 Å². The van der Waals surface area contributed by atoms with Gasteiger partial charge in [-0.2, -0.15) is 0 Å². The Labute approximate surface area is 68.1 Å². The van der Waals surface area contributed by atoms with Crippen LogP contribution in [-0.4, -0.2) is 17.4 Å². The van der Waals surface area contributed by atoms with Gasteiger partial charge in [-0.15, -0.1) is 0 Å². The predicted octanol–water partition coefficient (Wildman–Crippen LogP) is 2.14. The smallest absolute Gasteiger partial charge is 0.108 e. The van der Waals surface area contributed by atoms with Crippen molar-refractivity contribution in [1.29, 1.82) is 0 Å². The largest absolute Gasteiger partial charge is 0.367 e. The molecule has 0 saturated carbocycles. The first-order chi connectivity index (χ1) is 4.33. The van der Waals surface area contributed by atoms with Crippen LogP contribution in [0.1, 0.15) is 12.8 Å². The second-order valence-corrected chi connectivity index (χ2v) is 3.73. The molecule has 0 radical (unpaired) electrons. The predicted molar refractivity (Wildman–Crippen MR) is 42.5 cm³/mol. The van der Waals surface area contributed by atoms with Crippen molar-refractivity contribution in [3.8, 4) is 0 Å². The lowest BCUT2D eigenvalue weighted by molar-refractivity contribution is 0.0342. The summed E-state index contributed by atoms with van der Waals surface area (Å²) >= 11 is 2.24. The highest BCUT2D eigenvalue weighted by atomic mass is 127. The van der Waals surface area contributed by atoms with E-state index in [1.165, 1.54) is 0 Å². The van der Waals surface area contributed by atoms with Crippen LogP contribution in [0.2, 0.25) is 0 Å². The first kappa shape index (κ1) is 7.72. The third-order valence-electron chi connectivity index (χ3n) is 1.53. The minimum absolute atomic E-state index is 0.177. The molecule has 1 aliphatic rings. The summed E-state index contributed by atoms with van der Waals surface area (Å²) in [6, 6.07) is 0. The van der Waals surface area contributed by atoms with Gasteiger partial charge in [0, 0.05) is 5.92 Å². The summed E-state index contributed by atoms with van der Waals surface area (Å²) < 4.78 is 17.5. The summed E-state index contributed by atoms with van der Waals surface area (Å²) in [5.41, 5.74) is 0. The lowest BCUT2D eigenvalue weighted by Gasteiger charge is -2.23. The van der Waals surface area contributed by atoms with Crippen molar-refractivity contribution < 1.29 is 9.13 Å². The molecule has 0 aromatic heterocycles. The Bertz CT molecular complexity index is 81.1. The molecule has 3 heteroatoms. The number of hydrogen-bond acceptors (Lipinski definition) is 1. The Morgan fingerprint density at radius 1 is 1.56 bits per heavy atom. The van der Waals surface area contributed by atoms with E-state index < -0.39 is 0 Å². The van der Waals surface area contributed by atoms with E-state index in [2.05, 4.69) is 22.6 Å². The molecular formula is C6H10FIO. The van der Waals surface area contributed by atoms with E-state index in [4.69, 9.17) is 4.74 Å². The third-order valence-corrected chi connectivity index (χ3v) is 2.52. The first-order valence-electron chi connectivity index (χ1n) is 3.14. The Kier molecular flexibility index (Phi) is 3.18. The summed E-state index contributed by atoms with van der Waals surface area (Å²) in [5, 5.41) is 0. The summed E-state index contributed by atoms with van der Waals surface area (Å²) in [6.45, 7) is 0.396. The Morgan fingerprint density at radius 3 is 2.78 bits per heavy atom. The minimum atomic E-state index is -0.219. The van der Waals surface area contributed by atoms with Crippen LogP contribution in [0.15, 0.2) is 0 Å². The first-order valence-corrected chi connectivity index (χ1v) is 4.39. The highest BCUT2D eigenvalue weighted by Crippen LogP contribution is 2.22. The van der Waals surface area contributed by atoms with Gasteiger partial charge in [0.15, 0.2) is 0 Å². The van der Waals surface area contributed by atoms with Gasteiger partial charge in [-0.05, 0) is 12.8 Å². The number of halogens is 2. The molecule has 0 aromatic rings. The molecule has 1 nitrogen and oxygen atoms in total. The quantitative estimate of drug-likeness (QED) is 0.507. The highest BCUT2D eigenvalue weighted by Gasteiger charge is 2.18. The van der Waals surface area contributed by atoms with Crippen molar-refractivity contribution in [3.05, 3.63) is 0 Å². The van der Waals surface area contributed by atoms with Crippen LogP contribution >= 0.6 is 22.6 Å². The zero-order valence-corrected chi connectivity index (χ0v) is 7.30. The zero-order valence-electron chi connectivity index (χ0n) is 5.15. The van der Waals surface area contributed by atoms with Crippen LogP contribution in [0, 0.1) is 5.92 Å². The molecule has 0 spiro atoms. The van der Waals surface area contributed by atoms with Gasteiger partial charge in [0.05, 0.1) is 13.3 Å². The summed E-state index contributed by atoms with van der Waals surface area (Å²) in [4.78, 5) is 0. The van der Waals surface area contributed by atoms with E-state index in [9.17, 15) is 4.39 Å². The third kappa shape index (κ3) is 2.37. The maximum Gasteiger partial charge on any atom is 0.108 e. The second-order valence-electron chi connectivity index (χ2n) is 2.34. The normalized spacial score (nSPS) is 36.7. The Morgan fingerprint density at radius 2 is 2.33 bits per heavy atom. The molecule has 0 aliphatic carbocycles. The number of rotatable bonds is 1. The minimum Gasteiger partial charge on any atom is -0.367 e. The van der Waals surface area contributed by atoms with Crippen molar-refractivity contribution >= 4 is 22.6 Å². The van der Waals surface area contributed by atoms with Crippen molar-refractivity contribution in [3.63, 3.8) is 0 Å². The van der Waals surface area contributed by atoms with Gasteiger partial charge in [-0.3, -0.25) is 4.39 Å². The molecule has 1 heterocycles. The topological polar surface area (TPSA) is 9.23 Å². The van der Waals surface area contributed by atoms with Crippen LogP contribution in [-0.2, 0) is 4.74 Å². The number of alkyl halides is 2. The zero-order chi connectivity index (χ0) is 6.69. The molecule has 2 unspecified atom stereocenters. The highest BCUT2D eigenvalue weighted by molar-refractivity contribution is 14.1. The molecule has 9 heavy (non-hydrogen) atoms. The van der Waals surface area contributed by atoms with Crippen LogP contribution in [0.4, 0.5) is 4.39 Å². The second kappa shape index (κ2) is 3.71. The molecule has 0 bridgehead atoms. The Hall–Kier alpha value is 0.620. The summed E-state index contributed by atoms with van der Waals surface area (Å²) in [5.74, 6) is 0.177. The molecular weight excluding hydrogens is 234 g/mol. The van der Waals surface area contributed by atoms with E-state index in [1.807, 2.05) is 0 Å². The molecule has 1 fully saturated rings. The molecule has 0 amide bonds. The van der Waals surface area contributed by atoms with Gasteiger partial charge >= 0.3 is 0 Å². The van der Waals surface area contributed by atoms with Gasteiger partial charge in [0.2, 0.25) is 0 Å². The molecule has 0 aromatic carbocycles. The molecule has 1 aliphatic heterocycles. The average Bonchev–Trinajstić information content (AvgIpc) is 1.90. The summed E-state index contributed by atoms with van der Waals surface area (Å²) in [7, 11) is 0. The average molecular weight is 244 g/mol. The summed E-state index contributed by atoms with van der Waals surface area (Å²) in [6.07, 6.45) is 2.00. The van der Waals surface area contributed by atoms with Gasteiger partial charge in [0.25, 0.3) is 0 Å². The van der Waals surface area contributed by atoms with E-state index in [1.54, 1.807) is 0 Å². The monoisotopic (exact) mass is 244 g/mol. The van der Waals surface area contributed by atoms with E-state index in [0.717, 1.165) is 12.8 Å². The van der Waals surface area contributed by atoms with Crippen LogP contribution in [0.25, 0.3) is 0 Å².